The van der Waals surface area contributed by atoms with E-state index in [1.165, 1.54) is 12.3 Å². The van der Waals surface area contributed by atoms with Crippen molar-refractivity contribution in [3.8, 4) is 5.88 Å². The zero-order valence-electron chi connectivity index (χ0n) is 13.2. The van der Waals surface area contributed by atoms with Crippen LogP contribution in [0.1, 0.15) is 24.4 Å². The minimum Gasteiger partial charge on any atom is -0.481 e. The van der Waals surface area contributed by atoms with Gasteiger partial charge in [0.05, 0.1) is 31.2 Å². The first-order chi connectivity index (χ1) is 11.7. The van der Waals surface area contributed by atoms with Gasteiger partial charge in [-0.05, 0) is 25.0 Å². The second kappa shape index (κ2) is 5.63. The first-order valence-corrected chi connectivity index (χ1v) is 7.73. The fourth-order valence-electron chi connectivity index (χ4n) is 3.25. The molecule has 0 radical (unpaired) electrons. The summed E-state index contributed by atoms with van der Waals surface area (Å²) in [7, 11) is 1.54. The fraction of sp³-hybridized carbons (Fsp3) is 0.312. The molecule has 0 aromatic carbocycles. The zero-order valence-corrected chi connectivity index (χ0v) is 13.2. The SMILES string of the molecule is COc1ncc(F)cc1C1CCCN1c1ccn2ncc(N)c2n1. The van der Waals surface area contributed by atoms with Gasteiger partial charge in [-0.2, -0.15) is 5.10 Å². The molecular formula is C16H17FN6O. The molecule has 124 valence electrons. The maximum absolute atomic E-state index is 13.7. The van der Waals surface area contributed by atoms with E-state index in [1.54, 1.807) is 17.8 Å². The molecule has 1 fully saturated rings. The molecule has 1 aliphatic rings. The van der Waals surface area contributed by atoms with Crippen molar-refractivity contribution in [3.63, 3.8) is 0 Å². The molecule has 0 amide bonds. The lowest BCUT2D eigenvalue weighted by molar-refractivity contribution is 0.385. The number of aromatic nitrogens is 4. The molecule has 0 bridgehead atoms. The molecule has 24 heavy (non-hydrogen) atoms. The van der Waals surface area contributed by atoms with Gasteiger partial charge in [-0.3, -0.25) is 0 Å². The second-order valence-electron chi connectivity index (χ2n) is 5.76. The number of ether oxygens (including phenoxy) is 1. The molecule has 0 saturated carbocycles. The van der Waals surface area contributed by atoms with Crippen LogP contribution in [-0.4, -0.2) is 33.2 Å². The normalized spacial score (nSPS) is 17.6. The summed E-state index contributed by atoms with van der Waals surface area (Å²) in [5.74, 6) is 0.850. The standard InChI is InChI=1S/C16H17FN6O/c1-24-16-11(7-10(17)8-19-16)13-3-2-5-22(13)14-4-6-23-15(21-14)12(18)9-20-23/h4,6-9,13H,2-3,5,18H2,1H3. The highest BCUT2D eigenvalue weighted by atomic mass is 19.1. The predicted octanol–water partition coefficient (Wildman–Crippen LogP) is 2.20. The van der Waals surface area contributed by atoms with Crippen LogP contribution in [0.4, 0.5) is 15.9 Å². The minimum absolute atomic E-state index is 0.0396. The van der Waals surface area contributed by atoms with E-state index in [4.69, 9.17) is 10.5 Å². The van der Waals surface area contributed by atoms with Crippen LogP contribution in [0.5, 0.6) is 5.88 Å². The number of nitrogens with zero attached hydrogens (tertiary/aromatic N) is 5. The summed E-state index contributed by atoms with van der Waals surface area (Å²) in [6.45, 7) is 0.821. The number of nitrogen functional groups attached to an aromatic ring is 1. The second-order valence-corrected chi connectivity index (χ2v) is 5.76. The van der Waals surface area contributed by atoms with Crippen molar-refractivity contribution in [2.45, 2.75) is 18.9 Å². The third-order valence-corrected chi connectivity index (χ3v) is 4.33. The Bertz CT molecular complexity index is 895. The van der Waals surface area contributed by atoms with E-state index in [0.29, 0.717) is 17.2 Å². The maximum Gasteiger partial charge on any atom is 0.218 e. The van der Waals surface area contributed by atoms with Gasteiger partial charge in [0.15, 0.2) is 5.65 Å². The number of pyridine rings is 1. The van der Waals surface area contributed by atoms with Crippen LogP contribution < -0.4 is 15.4 Å². The van der Waals surface area contributed by atoms with Crippen molar-refractivity contribution in [1.82, 2.24) is 19.6 Å². The molecule has 4 heterocycles. The average Bonchev–Trinajstić information content (AvgIpc) is 3.22. The van der Waals surface area contributed by atoms with Crippen molar-refractivity contribution in [2.75, 3.05) is 24.3 Å². The van der Waals surface area contributed by atoms with Crippen LogP contribution in [0.2, 0.25) is 0 Å². The van der Waals surface area contributed by atoms with Gasteiger partial charge in [0.2, 0.25) is 5.88 Å². The smallest absolute Gasteiger partial charge is 0.218 e. The molecule has 2 N–H and O–H groups in total. The summed E-state index contributed by atoms with van der Waals surface area (Å²) in [4.78, 5) is 10.8. The zero-order chi connectivity index (χ0) is 16.7. The number of nitrogens with two attached hydrogens (primary N) is 1. The summed E-state index contributed by atoms with van der Waals surface area (Å²) in [5, 5.41) is 4.13. The molecule has 7 nitrogen and oxygen atoms in total. The number of anilines is 2. The summed E-state index contributed by atoms with van der Waals surface area (Å²) in [6, 6.07) is 3.33. The van der Waals surface area contributed by atoms with Crippen LogP contribution in [0.15, 0.2) is 30.7 Å². The molecule has 1 saturated heterocycles. The Morgan fingerprint density at radius 1 is 1.38 bits per heavy atom. The highest BCUT2D eigenvalue weighted by Crippen LogP contribution is 2.38. The van der Waals surface area contributed by atoms with Crippen molar-refractivity contribution < 1.29 is 9.13 Å². The average molecular weight is 328 g/mol. The lowest BCUT2D eigenvalue weighted by Crippen LogP contribution is -2.24. The van der Waals surface area contributed by atoms with Gasteiger partial charge < -0.3 is 15.4 Å². The van der Waals surface area contributed by atoms with Gasteiger partial charge in [0.25, 0.3) is 0 Å². The summed E-state index contributed by atoms with van der Waals surface area (Å²) in [6.07, 6.45) is 6.42. The predicted molar refractivity (Wildman–Crippen MR) is 87.5 cm³/mol. The van der Waals surface area contributed by atoms with E-state index in [0.717, 1.165) is 30.8 Å². The van der Waals surface area contributed by atoms with Gasteiger partial charge in [-0.15, -0.1) is 0 Å². The Morgan fingerprint density at radius 2 is 2.25 bits per heavy atom. The molecular weight excluding hydrogens is 311 g/mol. The summed E-state index contributed by atoms with van der Waals surface area (Å²) < 4.78 is 20.7. The Balaban J connectivity index is 1.76. The van der Waals surface area contributed by atoms with Gasteiger partial charge in [-0.1, -0.05) is 0 Å². The van der Waals surface area contributed by atoms with Crippen molar-refractivity contribution in [3.05, 3.63) is 42.1 Å². The summed E-state index contributed by atoms with van der Waals surface area (Å²) in [5.41, 5.74) is 7.78. The third-order valence-electron chi connectivity index (χ3n) is 4.33. The lowest BCUT2D eigenvalue weighted by Gasteiger charge is -2.26. The van der Waals surface area contributed by atoms with E-state index in [1.807, 2.05) is 12.3 Å². The number of rotatable bonds is 3. The number of hydrogen-bond donors (Lipinski definition) is 1. The highest BCUT2D eigenvalue weighted by molar-refractivity contribution is 5.65. The van der Waals surface area contributed by atoms with Crippen LogP contribution in [0, 0.1) is 5.82 Å². The third kappa shape index (κ3) is 2.31. The fourth-order valence-corrected chi connectivity index (χ4v) is 3.25. The molecule has 1 unspecified atom stereocenters. The van der Waals surface area contributed by atoms with Crippen LogP contribution >= 0.6 is 0 Å². The van der Waals surface area contributed by atoms with E-state index in [2.05, 4.69) is 20.0 Å². The van der Waals surface area contributed by atoms with Crippen molar-refractivity contribution >= 4 is 17.2 Å². The van der Waals surface area contributed by atoms with Crippen LogP contribution in [-0.2, 0) is 0 Å². The number of halogens is 1. The topological polar surface area (TPSA) is 81.6 Å². The molecule has 8 heteroatoms. The molecule has 3 aromatic heterocycles. The van der Waals surface area contributed by atoms with Gasteiger partial charge in [-0.25, -0.2) is 18.9 Å². The number of methoxy groups -OCH3 is 1. The molecule has 0 aliphatic carbocycles. The highest BCUT2D eigenvalue weighted by Gasteiger charge is 2.30. The van der Waals surface area contributed by atoms with Gasteiger partial charge in [0.1, 0.15) is 11.6 Å². The van der Waals surface area contributed by atoms with Crippen molar-refractivity contribution in [1.29, 1.82) is 0 Å². The van der Waals surface area contributed by atoms with Crippen molar-refractivity contribution in [2.24, 2.45) is 0 Å². The van der Waals surface area contributed by atoms with E-state index in [-0.39, 0.29) is 11.9 Å². The maximum atomic E-state index is 13.7. The Labute approximate surface area is 137 Å². The Morgan fingerprint density at radius 3 is 3.08 bits per heavy atom. The van der Waals surface area contributed by atoms with E-state index in [9.17, 15) is 4.39 Å². The van der Waals surface area contributed by atoms with Gasteiger partial charge in [0, 0.05) is 18.3 Å². The molecule has 0 spiro atoms. The van der Waals surface area contributed by atoms with E-state index >= 15 is 0 Å². The van der Waals surface area contributed by atoms with Crippen LogP contribution in [0.25, 0.3) is 5.65 Å². The number of hydrogen-bond acceptors (Lipinski definition) is 6. The quantitative estimate of drug-likeness (QED) is 0.794. The monoisotopic (exact) mass is 328 g/mol. The minimum atomic E-state index is -0.374. The van der Waals surface area contributed by atoms with Crippen LogP contribution in [0.3, 0.4) is 0 Å². The molecule has 1 aliphatic heterocycles. The Kier molecular flexibility index (Phi) is 3.44. The molecule has 3 aromatic rings. The lowest BCUT2D eigenvalue weighted by atomic mass is 10.1. The Hall–Kier alpha value is -2.90. The summed E-state index contributed by atoms with van der Waals surface area (Å²) >= 11 is 0. The van der Waals surface area contributed by atoms with Gasteiger partial charge >= 0.3 is 0 Å². The molecule has 4 rings (SSSR count). The van der Waals surface area contributed by atoms with E-state index < -0.39 is 0 Å². The first kappa shape index (κ1) is 14.7. The first-order valence-electron chi connectivity index (χ1n) is 7.73. The molecule has 1 atom stereocenters. The number of fused-ring (bicyclic) bond motifs is 1. The largest absolute Gasteiger partial charge is 0.481 e.